The molecule has 0 spiro atoms. The molecule has 144 valence electrons. The monoisotopic (exact) mass is 378 g/mol. The predicted molar refractivity (Wildman–Crippen MR) is 106 cm³/mol. The molecule has 1 aliphatic rings. The van der Waals surface area contributed by atoms with Gasteiger partial charge in [-0.2, -0.15) is 0 Å². The first-order valence-corrected chi connectivity index (χ1v) is 9.39. The first-order valence-electron chi connectivity index (χ1n) is 9.39. The van der Waals surface area contributed by atoms with Crippen LogP contribution in [0.1, 0.15) is 50.5 Å². The highest BCUT2D eigenvalue weighted by molar-refractivity contribution is 6.12. The first kappa shape index (κ1) is 18.2. The lowest BCUT2D eigenvalue weighted by atomic mass is 10.1. The molecule has 1 saturated heterocycles. The van der Waals surface area contributed by atoms with Gasteiger partial charge >= 0.3 is 0 Å². The third kappa shape index (κ3) is 3.24. The smallest absolute Gasteiger partial charge is 0.258 e. The Kier molecular flexibility index (Phi) is 4.58. The van der Waals surface area contributed by atoms with E-state index < -0.39 is 0 Å². The third-order valence-electron chi connectivity index (χ3n) is 5.10. The van der Waals surface area contributed by atoms with Gasteiger partial charge in [0.1, 0.15) is 0 Å². The summed E-state index contributed by atoms with van der Waals surface area (Å²) in [5.41, 5.74) is 4.27. The van der Waals surface area contributed by atoms with E-state index in [0.717, 1.165) is 31.5 Å². The van der Waals surface area contributed by atoms with Gasteiger partial charge in [-0.1, -0.05) is 5.16 Å². The fraction of sp³-hybridized carbons (Fsp3) is 0.333. The van der Waals surface area contributed by atoms with Gasteiger partial charge in [0.25, 0.3) is 17.5 Å². The Balaban J connectivity index is 1.60. The van der Waals surface area contributed by atoms with Gasteiger partial charge in [-0.05, 0) is 63.4 Å². The highest BCUT2D eigenvalue weighted by Gasteiger charge is 2.21. The van der Waals surface area contributed by atoms with Gasteiger partial charge in [0.15, 0.2) is 0 Å². The fourth-order valence-electron chi connectivity index (χ4n) is 3.63. The molecular formula is C21H22N4O3. The number of aromatic nitrogens is 2. The van der Waals surface area contributed by atoms with Crippen molar-refractivity contribution < 1.29 is 14.1 Å². The highest BCUT2D eigenvalue weighted by Crippen LogP contribution is 2.24. The van der Waals surface area contributed by atoms with Crippen LogP contribution in [0.15, 0.2) is 28.8 Å². The van der Waals surface area contributed by atoms with Crippen LogP contribution in [-0.4, -0.2) is 39.9 Å². The highest BCUT2D eigenvalue weighted by atomic mass is 16.5. The van der Waals surface area contributed by atoms with Crippen LogP contribution in [-0.2, 0) is 0 Å². The Hall–Kier alpha value is -3.22. The quantitative estimate of drug-likeness (QED) is 0.752. The number of nitrogens with one attached hydrogen (secondary N) is 1. The minimum absolute atomic E-state index is 0.0463. The lowest BCUT2D eigenvalue weighted by Crippen LogP contribution is -2.27. The van der Waals surface area contributed by atoms with Crippen LogP contribution >= 0.6 is 0 Å². The van der Waals surface area contributed by atoms with E-state index >= 15 is 0 Å². The van der Waals surface area contributed by atoms with E-state index in [0.29, 0.717) is 39.3 Å². The Bertz CT molecular complexity index is 1080. The summed E-state index contributed by atoms with van der Waals surface area (Å²) in [5, 5.41) is 7.46. The maximum atomic E-state index is 12.9. The largest absolute Gasteiger partial charge is 0.339 e. The molecule has 0 unspecified atom stereocenters. The lowest BCUT2D eigenvalue weighted by Gasteiger charge is -2.16. The zero-order valence-corrected chi connectivity index (χ0v) is 16.2. The molecule has 1 aliphatic heterocycles. The number of fused-ring (bicyclic) bond motifs is 1. The number of hydrogen-bond acceptors (Lipinski definition) is 5. The minimum atomic E-state index is -0.261. The van der Waals surface area contributed by atoms with E-state index in [1.54, 1.807) is 32.0 Å². The normalized spacial score (nSPS) is 13.9. The molecule has 0 saturated carbocycles. The van der Waals surface area contributed by atoms with Gasteiger partial charge in [-0.15, -0.1) is 0 Å². The van der Waals surface area contributed by atoms with Crippen molar-refractivity contribution >= 4 is 28.6 Å². The number of benzene rings is 1. The van der Waals surface area contributed by atoms with E-state index in [4.69, 9.17) is 4.52 Å². The molecule has 2 aromatic heterocycles. The SMILES string of the molecule is Cc1cc(C(=O)Nc2ccc(C(=O)N3CCCC3)cc2C)c2c(C)noc2n1. The molecule has 0 radical (unpaired) electrons. The van der Waals surface area contributed by atoms with Crippen LogP contribution in [0.5, 0.6) is 0 Å². The van der Waals surface area contributed by atoms with Crippen molar-refractivity contribution in [3.63, 3.8) is 0 Å². The number of aryl methyl sites for hydroxylation is 3. The molecular weight excluding hydrogens is 356 g/mol. The van der Waals surface area contributed by atoms with E-state index in [1.807, 2.05) is 17.9 Å². The van der Waals surface area contributed by atoms with Gasteiger partial charge in [-0.25, -0.2) is 4.98 Å². The van der Waals surface area contributed by atoms with Crippen molar-refractivity contribution in [2.75, 3.05) is 18.4 Å². The van der Waals surface area contributed by atoms with Crippen molar-refractivity contribution in [1.82, 2.24) is 15.0 Å². The second kappa shape index (κ2) is 7.07. The predicted octanol–water partition coefficient (Wildman–Crippen LogP) is 3.64. The Morgan fingerprint density at radius 2 is 1.86 bits per heavy atom. The van der Waals surface area contributed by atoms with Crippen molar-refractivity contribution in [3.05, 3.63) is 52.3 Å². The van der Waals surface area contributed by atoms with Crippen LogP contribution in [0.25, 0.3) is 11.1 Å². The topological polar surface area (TPSA) is 88.3 Å². The molecule has 7 nitrogen and oxygen atoms in total. The molecule has 0 bridgehead atoms. The third-order valence-corrected chi connectivity index (χ3v) is 5.10. The number of carbonyl (C=O) groups excluding carboxylic acids is 2. The average Bonchev–Trinajstić information content (AvgIpc) is 3.32. The van der Waals surface area contributed by atoms with E-state index in [9.17, 15) is 9.59 Å². The number of anilines is 1. The second-order valence-corrected chi connectivity index (χ2v) is 7.24. The van der Waals surface area contributed by atoms with Crippen molar-refractivity contribution in [3.8, 4) is 0 Å². The average molecular weight is 378 g/mol. The number of nitrogens with zero attached hydrogens (tertiary/aromatic N) is 3. The summed E-state index contributed by atoms with van der Waals surface area (Å²) in [6.45, 7) is 7.09. The number of likely N-dealkylation sites (tertiary alicyclic amines) is 1. The van der Waals surface area contributed by atoms with Crippen LogP contribution in [0.4, 0.5) is 5.69 Å². The van der Waals surface area contributed by atoms with E-state index in [1.165, 1.54) is 0 Å². The summed E-state index contributed by atoms with van der Waals surface area (Å²) in [6, 6.07) is 7.10. The minimum Gasteiger partial charge on any atom is -0.339 e. The molecule has 1 N–H and O–H groups in total. The fourth-order valence-corrected chi connectivity index (χ4v) is 3.63. The van der Waals surface area contributed by atoms with E-state index in [2.05, 4.69) is 15.5 Å². The first-order chi connectivity index (χ1) is 13.4. The number of hydrogen-bond donors (Lipinski definition) is 1. The van der Waals surface area contributed by atoms with Crippen LogP contribution in [0.3, 0.4) is 0 Å². The number of rotatable bonds is 3. The summed E-state index contributed by atoms with van der Waals surface area (Å²) in [5.74, 6) is -0.214. The molecule has 2 amide bonds. The molecule has 1 fully saturated rings. The van der Waals surface area contributed by atoms with Crippen LogP contribution in [0, 0.1) is 20.8 Å². The summed E-state index contributed by atoms with van der Waals surface area (Å²) >= 11 is 0. The molecule has 28 heavy (non-hydrogen) atoms. The number of pyridine rings is 1. The second-order valence-electron chi connectivity index (χ2n) is 7.24. The molecule has 3 heterocycles. The Morgan fingerprint density at radius 1 is 1.11 bits per heavy atom. The zero-order chi connectivity index (χ0) is 19.8. The molecule has 7 heteroatoms. The maximum Gasteiger partial charge on any atom is 0.258 e. The molecule has 1 aromatic carbocycles. The maximum absolute atomic E-state index is 12.9. The number of amides is 2. The van der Waals surface area contributed by atoms with Gasteiger partial charge in [0.2, 0.25) is 0 Å². The molecule has 3 aromatic rings. The summed E-state index contributed by atoms with van der Waals surface area (Å²) in [4.78, 5) is 31.6. The van der Waals surface area contributed by atoms with Crippen molar-refractivity contribution in [2.24, 2.45) is 0 Å². The van der Waals surface area contributed by atoms with Gasteiger partial charge in [0.05, 0.1) is 16.6 Å². The zero-order valence-electron chi connectivity index (χ0n) is 16.2. The van der Waals surface area contributed by atoms with E-state index in [-0.39, 0.29) is 11.8 Å². The standard InChI is InChI=1S/C21H22N4O3/c1-12-10-15(21(27)25-8-4-5-9-25)6-7-17(12)23-19(26)16-11-13(2)22-20-18(16)14(3)24-28-20/h6-7,10-11H,4-5,8-9H2,1-3H3,(H,23,26). The van der Waals surface area contributed by atoms with Gasteiger partial charge in [-0.3, -0.25) is 9.59 Å². The Labute approximate surface area is 162 Å². The Morgan fingerprint density at radius 3 is 2.57 bits per heavy atom. The molecule has 0 atom stereocenters. The van der Waals surface area contributed by atoms with Gasteiger partial charge in [0, 0.05) is 30.0 Å². The van der Waals surface area contributed by atoms with Crippen LogP contribution in [0.2, 0.25) is 0 Å². The summed E-state index contributed by atoms with van der Waals surface area (Å²) in [6.07, 6.45) is 2.11. The van der Waals surface area contributed by atoms with Crippen molar-refractivity contribution in [1.29, 1.82) is 0 Å². The van der Waals surface area contributed by atoms with Gasteiger partial charge < -0.3 is 14.7 Å². The number of carbonyl (C=O) groups is 2. The molecule has 0 aliphatic carbocycles. The van der Waals surface area contributed by atoms with Crippen molar-refractivity contribution in [2.45, 2.75) is 33.6 Å². The van der Waals surface area contributed by atoms with Crippen LogP contribution < -0.4 is 5.32 Å². The lowest BCUT2D eigenvalue weighted by molar-refractivity contribution is 0.0792. The summed E-state index contributed by atoms with van der Waals surface area (Å²) < 4.78 is 5.20. The summed E-state index contributed by atoms with van der Waals surface area (Å²) in [7, 11) is 0. The molecule has 4 rings (SSSR count).